The molecule has 0 bridgehead atoms. The van der Waals surface area contributed by atoms with Crippen molar-refractivity contribution in [2.45, 2.75) is 47.6 Å². The summed E-state index contributed by atoms with van der Waals surface area (Å²) in [6.45, 7) is 3.69. The third-order valence-corrected chi connectivity index (χ3v) is 13.5. The molecule has 2 amide bonds. The van der Waals surface area contributed by atoms with Crippen molar-refractivity contribution in [1.29, 1.82) is 0 Å². The molecule has 4 aliphatic heterocycles. The average Bonchev–Trinajstić information content (AvgIpc) is 4.00. The van der Waals surface area contributed by atoms with Crippen LogP contribution < -0.4 is 5.32 Å². The molecule has 1 fully saturated rings. The molecule has 2 aromatic heterocycles. The van der Waals surface area contributed by atoms with E-state index in [1.807, 2.05) is 92.7 Å². The fourth-order valence-electron chi connectivity index (χ4n) is 5.70. The van der Waals surface area contributed by atoms with Gasteiger partial charge in [0.05, 0.1) is 44.7 Å². The minimum Gasteiger partial charge on any atom is -0.350 e. The van der Waals surface area contributed by atoms with Crippen LogP contribution in [0.25, 0.3) is 6.08 Å². The van der Waals surface area contributed by atoms with Crippen LogP contribution in [0, 0.1) is 0 Å². The number of hydrogen-bond acceptors (Lipinski definition) is 11. The van der Waals surface area contributed by atoms with Crippen LogP contribution in [0.15, 0.2) is 120 Å². The number of nitrogens with one attached hydrogen (secondary N) is 1. The second-order valence-electron chi connectivity index (χ2n) is 12.3. The number of aldehydes is 1. The molecule has 7 nitrogen and oxygen atoms in total. The number of benzene rings is 3. The van der Waals surface area contributed by atoms with E-state index < -0.39 is 0 Å². The molecule has 0 radical (unpaired) electrons. The van der Waals surface area contributed by atoms with Crippen molar-refractivity contribution >= 4 is 126 Å². The summed E-state index contributed by atoms with van der Waals surface area (Å²) in [5.41, 5.74) is 7.15. The number of carbonyl (C=O) groups excluding carboxylic acids is 3. The van der Waals surface area contributed by atoms with Gasteiger partial charge in [0.1, 0.15) is 0 Å². The van der Waals surface area contributed by atoms with Gasteiger partial charge >= 0.3 is 0 Å². The van der Waals surface area contributed by atoms with Crippen molar-refractivity contribution in [2.24, 2.45) is 9.98 Å². The first-order valence-electron chi connectivity index (χ1n) is 16.7. The molecular formula is C40H32N4O3S6. The van der Waals surface area contributed by atoms with Crippen molar-refractivity contribution in [3.8, 4) is 0 Å². The molecule has 0 unspecified atom stereocenters. The van der Waals surface area contributed by atoms with Gasteiger partial charge in [-0.3, -0.25) is 19.3 Å². The maximum absolute atomic E-state index is 12.4. The van der Waals surface area contributed by atoms with Gasteiger partial charge in [-0.1, -0.05) is 90.3 Å². The van der Waals surface area contributed by atoms with E-state index in [4.69, 9.17) is 12.2 Å². The molecule has 53 heavy (non-hydrogen) atoms. The largest absolute Gasteiger partial charge is 0.350 e. The van der Waals surface area contributed by atoms with E-state index in [0.29, 0.717) is 4.91 Å². The third-order valence-electron chi connectivity index (χ3n) is 8.17. The number of imide groups is 1. The summed E-state index contributed by atoms with van der Waals surface area (Å²) in [5.74, 6) is -0.201. The molecule has 0 aliphatic carbocycles. The van der Waals surface area contributed by atoms with Gasteiger partial charge in [-0.2, -0.15) is 0 Å². The second-order valence-corrected chi connectivity index (χ2v) is 18.7. The maximum Gasteiger partial charge on any atom is 0.293 e. The fraction of sp³-hybridized carbons (Fsp3) is 0.150. The average molecular weight is 809 g/mol. The number of nitrogens with zero attached hydrogens (tertiary/aromatic N) is 3. The van der Waals surface area contributed by atoms with Crippen LogP contribution >= 0.6 is 70.2 Å². The lowest BCUT2D eigenvalue weighted by Crippen LogP contribution is -2.34. The van der Waals surface area contributed by atoms with Crippen LogP contribution in [-0.2, 0) is 24.1 Å². The number of fused-ring (bicyclic) bond motifs is 3. The minimum atomic E-state index is -0.201. The van der Waals surface area contributed by atoms with Crippen LogP contribution in [0.2, 0.25) is 0 Å². The summed E-state index contributed by atoms with van der Waals surface area (Å²) < 4.78 is 2.25. The molecule has 0 atom stereocenters. The minimum absolute atomic E-state index is 0.120. The lowest BCUT2D eigenvalue weighted by molar-refractivity contribution is -0.123. The molecule has 0 spiro atoms. The predicted octanol–water partition coefficient (Wildman–Crippen LogP) is 11.5. The van der Waals surface area contributed by atoms with Gasteiger partial charge < -0.3 is 5.32 Å². The summed E-state index contributed by atoms with van der Waals surface area (Å²) >= 11 is 12.5. The Labute approximate surface area is 334 Å². The summed E-state index contributed by atoms with van der Waals surface area (Å²) in [5, 5.41) is 5.12. The van der Waals surface area contributed by atoms with Crippen LogP contribution in [0.3, 0.4) is 0 Å². The van der Waals surface area contributed by atoms with Gasteiger partial charge in [0.25, 0.3) is 11.1 Å². The van der Waals surface area contributed by atoms with Gasteiger partial charge in [-0.15, -0.1) is 22.7 Å². The number of amides is 2. The Morgan fingerprint density at radius 3 is 1.81 bits per heavy atom. The molecule has 5 aromatic rings. The zero-order chi connectivity index (χ0) is 36.9. The Kier molecular flexibility index (Phi) is 11.9. The normalized spacial score (nSPS) is 15.9. The van der Waals surface area contributed by atoms with E-state index >= 15 is 0 Å². The fourth-order valence-corrected chi connectivity index (χ4v) is 11.2. The lowest BCUT2D eigenvalue weighted by atomic mass is 10.2. The van der Waals surface area contributed by atoms with Crippen LogP contribution in [0.4, 0.5) is 21.9 Å². The standard InChI is InChI=1S/C19H16N2O2S3.C13H9NOS2.C8H7NS/c1-11(2)21-18(22)15(25-19(21)23)10-13-7-8-17(24-13)26-16-9-12-5-3-4-6-14(12)20-16;15-8-10-5-6-13(16-10)17-12-7-9-3-1-2-4-11(9)14-12;10-8-5-6-3-1-2-4-7(6)9-8/h3-8,10-11H,9H2,1-2H3;1-6,8H,7H2;1-4H,5H2,(H,9,10)/b15-10-;;. The first-order valence-corrected chi connectivity index (χ1v) is 21.2. The summed E-state index contributed by atoms with van der Waals surface area (Å²) in [6, 6.07) is 32.3. The van der Waals surface area contributed by atoms with E-state index in [1.165, 1.54) is 38.6 Å². The molecule has 1 N–H and O–H groups in total. The summed E-state index contributed by atoms with van der Waals surface area (Å²) in [7, 11) is 0. The number of thioether (sulfide) groups is 3. The van der Waals surface area contributed by atoms with E-state index in [2.05, 4.69) is 39.6 Å². The third kappa shape index (κ3) is 9.17. The number of para-hydroxylation sites is 3. The predicted molar refractivity (Wildman–Crippen MR) is 230 cm³/mol. The number of rotatable bonds is 5. The van der Waals surface area contributed by atoms with E-state index in [9.17, 15) is 14.4 Å². The molecule has 4 aliphatic rings. The SMILES string of the molecule is CC(C)N1C(=O)S/C(=C\c2ccc(SC3=Nc4ccccc4C3)s2)C1=O.O=Cc1ccc(SC2=Nc3ccccc3C2)s1.S=C1Cc2ccccc2N1. The molecule has 1 saturated heterocycles. The topological polar surface area (TPSA) is 91.2 Å². The summed E-state index contributed by atoms with van der Waals surface area (Å²) in [4.78, 5) is 48.7. The number of anilines is 1. The van der Waals surface area contributed by atoms with Crippen LogP contribution in [0.5, 0.6) is 0 Å². The van der Waals surface area contributed by atoms with Crippen LogP contribution in [-0.4, -0.2) is 43.5 Å². The lowest BCUT2D eigenvalue weighted by Gasteiger charge is -2.16. The van der Waals surface area contributed by atoms with E-state index in [1.54, 1.807) is 34.9 Å². The number of hydrogen-bond donors (Lipinski definition) is 1. The van der Waals surface area contributed by atoms with Crippen molar-refractivity contribution in [2.75, 3.05) is 5.32 Å². The Bertz CT molecular complexity index is 2290. The highest BCUT2D eigenvalue weighted by atomic mass is 32.2. The Morgan fingerprint density at radius 1 is 0.736 bits per heavy atom. The Hall–Kier alpha value is -4.11. The molecule has 9 rings (SSSR count). The first kappa shape index (κ1) is 37.2. The van der Waals surface area contributed by atoms with Crippen molar-refractivity contribution in [3.63, 3.8) is 0 Å². The zero-order valence-electron chi connectivity index (χ0n) is 28.6. The van der Waals surface area contributed by atoms with Crippen molar-refractivity contribution < 1.29 is 14.4 Å². The van der Waals surface area contributed by atoms with E-state index in [0.717, 1.165) is 81.9 Å². The molecule has 6 heterocycles. The molecule has 13 heteroatoms. The molecule has 3 aromatic carbocycles. The van der Waals surface area contributed by atoms with Gasteiger partial charge in [-0.05, 0) is 90.8 Å². The monoisotopic (exact) mass is 808 g/mol. The quantitative estimate of drug-likeness (QED) is 0.107. The molecule has 266 valence electrons. The van der Waals surface area contributed by atoms with Crippen molar-refractivity contribution in [3.05, 3.63) is 128 Å². The highest BCUT2D eigenvalue weighted by Crippen LogP contribution is 2.39. The second kappa shape index (κ2) is 16.9. The smallest absolute Gasteiger partial charge is 0.293 e. The Morgan fingerprint density at radius 2 is 1.28 bits per heavy atom. The van der Waals surface area contributed by atoms with Gasteiger partial charge in [-0.25, -0.2) is 9.98 Å². The number of thiophene rings is 2. The van der Waals surface area contributed by atoms with Crippen molar-refractivity contribution in [1.82, 2.24) is 4.90 Å². The highest BCUT2D eigenvalue weighted by molar-refractivity contribution is 8.18. The van der Waals surface area contributed by atoms with Crippen LogP contribution in [0.1, 0.15) is 45.1 Å². The van der Waals surface area contributed by atoms with Gasteiger partial charge in [0.15, 0.2) is 6.29 Å². The maximum atomic E-state index is 12.4. The zero-order valence-corrected chi connectivity index (χ0v) is 33.5. The Balaban J connectivity index is 0.000000137. The number of aliphatic imine (C=N–C) groups is 2. The first-order chi connectivity index (χ1) is 25.7. The van der Waals surface area contributed by atoms with E-state index in [-0.39, 0.29) is 17.2 Å². The number of thiocarbonyl (C=S) groups is 1. The highest BCUT2D eigenvalue weighted by Gasteiger charge is 2.36. The molecule has 0 saturated carbocycles. The van der Waals surface area contributed by atoms with Gasteiger partial charge in [0, 0.05) is 35.9 Å². The number of carbonyl (C=O) groups is 3. The molecular weight excluding hydrogens is 777 g/mol. The summed E-state index contributed by atoms with van der Waals surface area (Å²) in [6.07, 6.45) is 5.37. The van der Waals surface area contributed by atoms with Gasteiger partial charge in [0.2, 0.25) is 0 Å².